The summed E-state index contributed by atoms with van der Waals surface area (Å²) in [6.07, 6.45) is 10.9. The SMILES string of the molecule is CCCCCC(C=C[C@H]1C(OCC)CC2OC(=O)C[C@@H]21)OCC. The standard InChI is InChI=1S/C19H32O4/c1-4-7-8-9-14(21-5-2)10-11-15-16-12-19(20)23-18(16)13-17(15)22-6-3/h10-11,14-18H,4-9,12-13H2,1-3H3/t14?,15-,16-,17?,18?/m1/s1. The van der Waals surface area contributed by atoms with Gasteiger partial charge in [-0.1, -0.05) is 38.3 Å². The summed E-state index contributed by atoms with van der Waals surface area (Å²) in [5, 5.41) is 0. The van der Waals surface area contributed by atoms with Gasteiger partial charge in [-0.3, -0.25) is 4.79 Å². The molecule has 1 saturated carbocycles. The van der Waals surface area contributed by atoms with Crippen LogP contribution in [0.15, 0.2) is 12.2 Å². The van der Waals surface area contributed by atoms with Crippen molar-refractivity contribution in [2.75, 3.05) is 13.2 Å². The van der Waals surface area contributed by atoms with Gasteiger partial charge in [0.25, 0.3) is 0 Å². The second-order valence-electron chi connectivity index (χ2n) is 6.58. The van der Waals surface area contributed by atoms with Gasteiger partial charge >= 0.3 is 5.97 Å². The number of unbranched alkanes of at least 4 members (excludes halogenated alkanes) is 2. The highest BCUT2D eigenvalue weighted by atomic mass is 16.6. The van der Waals surface area contributed by atoms with Gasteiger partial charge < -0.3 is 14.2 Å². The number of fused-ring (bicyclic) bond motifs is 1. The first kappa shape index (κ1) is 18.5. The minimum atomic E-state index is -0.0577. The Morgan fingerprint density at radius 1 is 1.26 bits per heavy atom. The van der Waals surface area contributed by atoms with Gasteiger partial charge in [0.05, 0.1) is 18.6 Å². The molecule has 1 aliphatic heterocycles. The Balaban J connectivity index is 1.98. The van der Waals surface area contributed by atoms with Gasteiger partial charge in [0, 0.05) is 31.5 Å². The number of carbonyl (C=O) groups is 1. The molecule has 0 N–H and O–H groups in total. The van der Waals surface area contributed by atoms with E-state index in [9.17, 15) is 4.79 Å². The van der Waals surface area contributed by atoms with E-state index in [0.717, 1.165) is 19.4 Å². The van der Waals surface area contributed by atoms with E-state index >= 15 is 0 Å². The molecule has 0 aromatic rings. The van der Waals surface area contributed by atoms with Gasteiger partial charge in [0.15, 0.2) is 0 Å². The quantitative estimate of drug-likeness (QED) is 0.347. The molecule has 0 bridgehead atoms. The normalized spacial score (nSPS) is 31.5. The van der Waals surface area contributed by atoms with Crippen LogP contribution in [-0.4, -0.2) is 37.5 Å². The van der Waals surface area contributed by atoms with Gasteiger partial charge in [0.1, 0.15) is 6.10 Å². The average molecular weight is 324 g/mol. The zero-order chi connectivity index (χ0) is 16.7. The third-order valence-corrected chi connectivity index (χ3v) is 4.95. The molecule has 1 aliphatic carbocycles. The minimum Gasteiger partial charge on any atom is -0.462 e. The van der Waals surface area contributed by atoms with Crippen LogP contribution >= 0.6 is 0 Å². The van der Waals surface area contributed by atoms with Crippen molar-refractivity contribution in [1.29, 1.82) is 0 Å². The summed E-state index contributed by atoms with van der Waals surface area (Å²) in [6, 6.07) is 0. The van der Waals surface area contributed by atoms with Crippen molar-refractivity contribution in [2.45, 2.75) is 77.6 Å². The molecule has 0 radical (unpaired) electrons. The third kappa shape index (κ3) is 5.05. The molecular formula is C19H32O4. The number of carbonyl (C=O) groups excluding carboxylic acids is 1. The van der Waals surface area contributed by atoms with E-state index in [1.54, 1.807) is 0 Å². The maximum atomic E-state index is 11.6. The molecule has 2 aliphatic rings. The molecule has 1 heterocycles. The summed E-state index contributed by atoms with van der Waals surface area (Å²) in [5.74, 6) is 0.478. The molecule has 23 heavy (non-hydrogen) atoms. The molecule has 3 unspecified atom stereocenters. The minimum absolute atomic E-state index is 0.0411. The molecule has 0 amide bonds. The van der Waals surface area contributed by atoms with Crippen LogP contribution in [0.25, 0.3) is 0 Å². The summed E-state index contributed by atoms with van der Waals surface area (Å²) >= 11 is 0. The summed E-state index contributed by atoms with van der Waals surface area (Å²) < 4.78 is 17.2. The predicted octanol–water partition coefficient (Wildman–Crippen LogP) is 3.88. The first-order chi connectivity index (χ1) is 11.2. The van der Waals surface area contributed by atoms with E-state index in [1.807, 2.05) is 13.8 Å². The van der Waals surface area contributed by atoms with E-state index in [-0.39, 0.29) is 36.1 Å². The van der Waals surface area contributed by atoms with Crippen LogP contribution in [0.1, 0.15) is 59.3 Å². The highest BCUT2D eigenvalue weighted by molar-refractivity contribution is 5.72. The highest BCUT2D eigenvalue weighted by Gasteiger charge is 2.49. The Kier molecular flexibility index (Phi) is 7.57. The second-order valence-corrected chi connectivity index (χ2v) is 6.58. The summed E-state index contributed by atoms with van der Waals surface area (Å²) in [7, 11) is 0. The molecule has 4 heteroatoms. The van der Waals surface area contributed by atoms with Gasteiger partial charge in [-0.2, -0.15) is 0 Å². The average Bonchev–Trinajstić information content (AvgIpc) is 3.01. The Hall–Kier alpha value is -0.870. The fourth-order valence-corrected chi connectivity index (χ4v) is 3.85. The second kappa shape index (κ2) is 9.43. The van der Waals surface area contributed by atoms with Crippen LogP contribution < -0.4 is 0 Å². The highest BCUT2D eigenvalue weighted by Crippen LogP contribution is 2.43. The Morgan fingerprint density at radius 3 is 2.78 bits per heavy atom. The summed E-state index contributed by atoms with van der Waals surface area (Å²) in [5.41, 5.74) is 0. The lowest BCUT2D eigenvalue weighted by atomic mass is 9.91. The van der Waals surface area contributed by atoms with Gasteiger partial charge in [-0.15, -0.1) is 0 Å². The molecule has 132 valence electrons. The van der Waals surface area contributed by atoms with Crippen LogP contribution in [0.3, 0.4) is 0 Å². The topological polar surface area (TPSA) is 44.8 Å². The first-order valence-electron chi connectivity index (χ1n) is 9.30. The van der Waals surface area contributed by atoms with E-state index in [1.165, 1.54) is 19.3 Å². The van der Waals surface area contributed by atoms with Crippen LogP contribution in [-0.2, 0) is 19.0 Å². The molecule has 0 spiro atoms. The van der Waals surface area contributed by atoms with Crippen molar-refractivity contribution >= 4 is 5.97 Å². The molecule has 0 aromatic carbocycles. The number of hydrogen-bond donors (Lipinski definition) is 0. The lowest BCUT2D eigenvalue weighted by molar-refractivity contribution is -0.142. The third-order valence-electron chi connectivity index (χ3n) is 4.95. The molecule has 2 fully saturated rings. The van der Waals surface area contributed by atoms with E-state index < -0.39 is 0 Å². The molecule has 2 rings (SSSR count). The van der Waals surface area contributed by atoms with Crippen molar-refractivity contribution in [3.8, 4) is 0 Å². The number of rotatable bonds is 10. The van der Waals surface area contributed by atoms with Crippen LogP contribution in [0, 0.1) is 11.8 Å². The van der Waals surface area contributed by atoms with E-state index in [2.05, 4.69) is 19.1 Å². The van der Waals surface area contributed by atoms with Crippen molar-refractivity contribution in [3.63, 3.8) is 0 Å². The van der Waals surface area contributed by atoms with Crippen LogP contribution in [0.4, 0.5) is 0 Å². The first-order valence-corrected chi connectivity index (χ1v) is 9.30. The molecule has 5 atom stereocenters. The van der Waals surface area contributed by atoms with E-state index in [0.29, 0.717) is 13.0 Å². The largest absolute Gasteiger partial charge is 0.462 e. The fourth-order valence-electron chi connectivity index (χ4n) is 3.85. The van der Waals surface area contributed by atoms with Crippen molar-refractivity contribution in [1.82, 2.24) is 0 Å². The van der Waals surface area contributed by atoms with Gasteiger partial charge in [0.2, 0.25) is 0 Å². The van der Waals surface area contributed by atoms with Crippen LogP contribution in [0.2, 0.25) is 0 Å². The summed E-state index contributed by atoms with van der Waals surface area (Å²) in [6.45, 7) is 7.71. The number of ether oxygens (including phenoxy) is 3. The van der Waals surface area contributed by atoms with Gasteiger partial charge in [-0.05, 0) is 20.3 Å². The fraction of sp³-hybridized carbons (Fsp3) is 0.842. The zero-order valence-corrected chi connectivity index (χ0v) is 14.8. The maximum Gasteiger partial charge on any atom is 0.306 e. The molecule has 0 aromatic heterocycles. The Bertz CT molecular complexity index is 393. The number of esters is 1. The number of hydrogen-bond acceptors (Lipinski definition) is 4. The predicted molar refractivity (Wildman–Crippen MR) is 90.2 cm³/mol. The Morgan fingerprint density at radius 2 is 2.09 bits per heavy atom. The molecule has 1 saturated heterocycles. The maximum absolute atomic E-state index is 11.6. The smallest absolute Gasteiger partial charge is 0.306 e. The lowest BCUT2D eigenvalue weighted by Gasteiger charge is -2.20. The van der Waals surface area contributed by atoms with Crippen molar-refractivity contribution in [2.24, 2.45) is 11.8 Å². The Labute approximate surface area is 140 Å². The van der Waals surface area contributed by atoms with Crippen molar-refractivity contribution in [3.05, 3.63) is 12.2 Å². The zero-order valence-electron chi connectivity index (χ0n) is 14.8. The summed E-state index contributed by atoms with van der Waals surface area (Å²) in [4.78, 5) is 11.6. The van der Waals surface area contributed by atoms with Crippen molar-refractivity contribution < 1.29 is 19.0 Å². The monoisotopic (exact) mass is 324 g/mol. The van der Waals surface area contributed by atoms with E-state index in [4.69, 9.17) is 14.2 Å². The molecule has 4 nitrogen and oxygen atoms in total. The van der Waals surface area contributed by atoms with Crippen LogP contribution in [0.5, 0.6) is 0 Å². The van der Waals surface area contributed by atoms with Gasteiger partial charge in [-0.25, -0.2) is 0 Å². The lowest BCUT2D eigenvalue weighted by Crippen LogP contribution is -2.22. The molecular weight excluding hydrogens is 292 g/mol.